The number of phenols is 1. The molecule has 0 fully saturated rings. The number of alkyl halides is 1. The van der Waals surface area contributed by atoms with Gasteiger partial charge in [-0.3, -0.25) is 9.59 Å². The maximum atomic E-state index is 12.0. The summed E-state index contributed by atoms with van der Waals surface area (Å²) in [6, 6.07) is 6.26. The normalized spacial score (nSPS) is 12.6. The molecule has 1 atom stereocenters. The molecule has 2 N–H and O–H groups in total. The van der Waals surface area contributed by atoms with Crippen molar-refractivity contribution in [2.75, 3.05) is 0 Å². The average molecular weight is 310 g/mol. The van der Waals surface area contributed by atoms with Crippen molar-refractivity contribution in [2.45, 2.75) is 18.2 Å². The summed E-state index contributed by atoms with van der Waals surface area (Å²) >= 11 is 3.26. The molecule has 0 bridgehead atoms. The molecule has 2 aromatic rings. The van der Waals surface area contributed by atoms with Gasteiger partial charge in [0.2, 0.25) is 5.56 Å². The monoisotopic (exact) mass is 309 g/mol. The van der Waals surface area contributed by atoms with E-state index >= 15 is 0 Å². The van der Waals surface area contributed by atoms with Crippen molar-refractivity contribution in [3.05, 3.63) is 40.2 Å². The summed E-state index contributed by atoms with van der Waals surface area (Å²) in [5, 5.41) is 10.8. The number of benzene rings is 1. The molecule has 1 aromatic heterocycles. The number of nitrogens with one attached hydrogen (secondary N) is 1. The fourth-order valence-electron chi connectivity index (χ4n) is 1.76. The SMILES string of the molecule is CCC(Br)C(=O)c1ccc2ccc(=O)[nH]c2c1O. The fraction of sp³-hybridized carbons (Fsp3) is 0.231. The molecule has 5 heteroatoms. The Hall–Kier alpha value is -1.62. The van der Waals surface area contributed by atoms with E-state index in [0.717, 1.165) is 0 Å². The highest BCUT2D eigenvalue weighted by molar-refractivity contribution is 9.10. The van der Waals surface area contributed by atoms with Gasteiger partial charge in [-0.25, -0.2) is 0 Å². The van der Waals surface area contributed by atoms with Gasteiger partial charge in [-0.2, -0.15) is 0 Å². The van der Waals surface area contributed by atoms with Crippen LogP contribution in [0.3, 0.4) is 0 Å². The zero-order chi connectivity index (χ0) is 13.3. The van der Waals surface area contributed by atoms with Crippen molar-refractivity contribution in [1.82, 2.24) is 4.98 Å². The number of H-pyrrole nitrogens is 1. The summed E-state index contributed by atoms with van der Waals surface area (Å²) in [5.74, 6) is -0.366. The lowest BCUT2D eigenvalue weighted by atomic mass is 10.0. The Labute approximate surface area is 112 Å². The van der Waals surface area contributed by atoms with Crippen LogP contribution in [0.2, 0.25) is 0 Å². The van der Waals surface area contributed by atoms with E-state index in [1.807, 2.05) is 6.92 Å². The molecule has 0 saturated heterocycles. The number of hydrogen-bond donors (Lipinski definition) is 2. The second kappa shape index (κ2) is 4.94. The molecule has 0 saturated carbocycles. The molecule has 2 rings (SSSR count). The van der Waals surface area contributed by atoms with Gasteiger partial charge in [0, 0.05) is 11.5 Å². The number of aromatic nitrogens is 1. The van der Waals surface area contributed by atoms with Crippen molar-refractivity contribution < 1.29 is 9.90 Å². The topological polar surface area (TPSA) is 70.2 Å². The third-order valence-corrected chi connectivity index (χ3v) is 3.84. The highest BCUT2D eigenvalue weighted by Gasteiger charge is 2.19. The maximum absolute atomic E-state index is 12.0. The van der Waals surface area contributed by atoms with Crippen molar-refractivity contribution in [3.63, 3.8) is 0 Å². The minimum Gasteiger partial charge on any atom is -0.505 e. The summed E-state index contributed by atoms with van der Waals surface area (Å²) in [6.07, 6.45) is 0.627. The van der Waals surface area contributed by atoms with Gasteiger partial charge in [0.15, 0.2) is 11.5 Å². The maximum Gasteiger partial charge on any atom is 0.248 e. The number of pyridine rings is 1. The molecule has 1 unspecified atom stereocenters. The van der Waals surface area contributed by atoms with Crippen LogP contribution in [0.5, 0.6) is 5.75 Å². The van der Waals surface area contributed by atoms with E-state index in [1.165, 1.54) is 6.07 Å². The van der Waals surface area contributed by atoms with Crippen LogP contribution in [0.25, 0.3) is 10.9 Å². The quantitative estimate of drug-likeness (QED) is 0.676. The van der Waals surface area contributed by atoms with E-state index in [2.05, 4.69) is 20.9 Å². The number of aromatic amines is 1. The first-order valence-corrected chi connectivity index (χ1v) is 6.49. The highest BCUT2D eigenvalue weighted by atomic mass is 79.9. The van der Waals surface area contributed by atoms with Gasteiger partial charge in [0.1, 0.15) is 0 Å². The first-order valence-electron chi connectivity index (χ1n) is 5.58. The van der Waals surface area contributed by atoms with Crippen molar-refractivity contribution in [2.24, 2.45) is 0 Å². The molecule has 18 heavy (non-hydrogen) atoms. The molecule has 94 valence electrons. The number of phenolic OH excluding ortho intramolecular Hbond substituents is 1. The van der Waals surface area contributed by atoms with Crippen LogP contribution in [-0.2, 0) is 0 Å². The van der Waals surface area contributed by atoms with Crippen LogP contribution >= 0.6 is 15.9 Å². The molecule has 0 aliphatic heterocycles. The second-order valence-electron chi connectivity index (χ2n) is 3.99. The van der Waals surface area contributed by atoms with E-state index in [9.17, 15) is 14.7 Å². The van der Waals surface area contributed by atoms with Gasteiger partial charge >= 0.3 is 0 Å². The van der Waals surface area contributed by atoms with Gasteiger partial charge in [-0.05, 0) is 18.6 Å². The molecular weight excluding hydrogens is 298 g/mol. The van der Waals surface area contributed by atoms with Crippen LogP contribution in [0.15, 0.2) is 29.1 Å². The Balaban J connectivity index is 2.64. The highest BCUT2D eigenvalue weighted by Crippen LogP contribution is 2.28. The van der Waals surface area contributed by atoms with Gasteiger partial charge in [-0.1, -0.05) is 28.9 Å². The lowest BCUT2D eigenvalue weighted by Gasteiger charge is -2.09. The zero-order valence-electron chi connectivity index (χ0n) is 9.74. The molecule has 0 spiro atoms. The lowest BCUT2D eigenvalue weighted by molar-refractivity contribution is 0.0988. The predicted molar refractivity (Wildman–Crippen MR) is 73.6 cm³/mol. The van der Waals surface area contributed by atoms with Gasteiger partial charge in [-0.15, -0.1) is 0 Å². The van der Waals surface area contributed by atoms with E-state index in [0.29, 0.717) is 17.3 Å². The minimum absolute atomic E-state index is 0.173. The molecule has 0 aliphatic carbocycles. The van der Waals surface area contributed by atoms with Crippen molar-refractivity contribution >= 4 is 32.6 Å². The Morgan fingerprint density at radius 1 is 1.39 bits per heavy atom. The van der Waals surface area contributed by atoms with E-state index in [4.69, 9.17) is 0 Å². The number of halogens is 1. The molecule has 0 radical (unpaired) electrons. The van der Waals surface area contributed by atoms with Crippen LogP contribution in [-0.4, -0.2) is 20.7 Å². The third-order valence-electron chi connectivity index (χ3n) is 2.78. The van der Waals surface area contributed by atoms with Crippen molar-refractivity contribution in [3.8, 4) is 5.75 Å². The number of hydrogen-bond acceptors (Lipinski definition) is 3. The lowest BCUT2D eigenvalue weighted by Crippen LogP contribution is -2.13. The first kappa shape index (κ1) is 12.8. The molecule has 4 nitrogen and oxygen atoms in total. The molecule has 0 amide bonds. The number of carbonyl (C=O) groups excluding carboxylic acids is 1. The Kier molecular flexibility index (Phi) is 3.52. The summed E-state index contributed by atoms with van der Waals surface area (Å²) in [5.41, 5.74) is 0.200. The predicted octanol–water partition coefficient (Wildman–Crippen LogP) is 2.59. The van der Waals surface area contributed by atoms with Gasteiger partial charge in [0.05, 0.1) is 15.9 Å². The smallest absolute Gasteiger partial charge is 0.248 e. The van der Waals surface area contributed by atoms with Crippen LogP contribution in [0, 0.1) is 0 Å². The second-order valence-corrected chi connectivity index (χ2v) is 5.09. The Morgan fingerprint density at radius 3 is 2.72 bits per heavy atom. The number of aromatic hydroxyl groups is 1. The van der Waals surface area contributed by atoms with Crippen molar-refractivity contribution in [1.29, 1.82) is 0 Å². The first-order chi connectivity index (χ1) is 8.54. The average Bonchev–Trinajstić information content (AvgIpc) is 2.38. The van der Waals surface area contributed by atoms with Gasteiger partial charge in [0.25, 0.3) is 0 Å². The number of carbonyl (C=O) groups is 1. The van der Waals surface area contributed by atoms with Crippen LogP contribution in [0.1, 0.15) is 23.7 Å². The standard InChI is InChI=1S/C13H12BrNO3/c1-2-9(14)12(17)8-5-3-7-4-6-10(16)15-11(7)13(8)18/h3-6,9,18H,2H2,1H3,(H,15,16). The summed E-state index contributed by atoms with van der Waals surface area (Å²) in [7, 11) is 0. The van der Waals surface area contributed by atoms with E-state index < -0.39 is 0 Å². The zero-order valence-corrected chi connectivity index (χ0v) is 11.3. The molecule has 0 aliphatic rings. The van der Waals surface area contributed by atoms with Gasteiger partial charge < -0.3 is 10.1 Å². The number of Topliss-reactive ketones (excluding diaryl/α,β-unsaturated/α-hetero) is 1. The van der Waals surface area contributed by atoms with Crippen LogP contribution in [0.4, 0.5) is 0 Å². The van der Waals surface area contributed by atoms with Crippen LogP contribution < -0.4 is 5.56 Å². The Bertz CT molecular complexity index is 663. The number of fused-ring (bicyclic) bond motifs is 1. The fourth-order valence-corrected chi connectivity index (χ4v) is 2.01. The summed E-state index contributed by atoms with van der Waals surface area (Å²) in [4.78, 5) is 25.5. The Morgan fingerprint density at radius 2 is 2.06 bits per heavy atom. The summed E-state index contributed by atoms with van der Waals surface area (Å²) in [6.45, 7) is 1.87. The molecule has 1 heterocycles. The largest absolute Gasteiger partial charge is 0.505 e. The number of rotatable bonds is 3. The van der Waals surface area contributed by atoms with E-state index in [1.54, 1.807) is 18.2 Å². The minimum atomic E-state index is -0.337. The molecule has 1 aromatic carbocycles. The summed E-state index contributed by atoms with van der Waals surface area (Å²) < 4.78 is 0. The van der Waals surface area contributed by atoms with E-state index in [-0.39, 0.29) is 27.5 Å². The number of ketones is 1. The third kappa shape index (κ3) is 2.18. The molecular formula is C13H12BrNO3.